The van der Waals surface area contributed by atoms with Crippen LogP contribution in [-0.2, 0) is 4.79 Å². The second kappa shape index (κ2) is 6.78. The van der Waals surface area contributed by atoms with Gasteiger partial charge < -0.3 is 14.6 Å². The fraction of sp³-hybridized carbons (Fsp3) is 0.438. The van der Waals surface area contributed by atoms with Gasteiger partial charge in [0, 0.05) is 12.6 Å². The van der Waals surface area contributed by atoms with Crippen LogP contribution < -0.4 is 10.1 Å². The van der Waals surface area contributed by atoms with Crippen LogP contribution in [0.1, 0.15) is 24.2 Å². The third kappa shape index (κ3) is 3.87. The highest BCUT2D eigenvalue weighted by Crippen LogP contribution is 2.29. The molecule has 3 rings (SSSR count). The van der Waals surface area contributed by atoms with Crippen molar-refractivity contribution in [3.63, 3.8) is 0 Å². The summed E-state index contributed by atoms with van der Waals surface area (Å²) in [6.07, 6.45) is 0.745. The lowest BCUT2D eigenvalue weighted by Crippen LogP contribution is -2.39. The third-order valence-electron chi connectivity index (χ3n) is 3.85. The molecule has 1 N–H and O–H groups in total. The first-order chi connectivity index (χ1) is 11.1. The van der Waals surface area contributed by atoms with Gasteiger partial charge in [0.05, 0.1) is 6.04 Å². The molecule has 2 heterocycles. The van der Waals surface area contributed by atoms with Crippen molar-refractivity contribution in [2.75, 3.05) is 20.2 Å². The average Bonchev–Trinajstić information content (AvgIpc) is 3.12. The van der Waals surface area contributed by atoms with Gasteiger partial charge in [0.2, 0.25) is 5.89 Å². The number of para-hydroxylation sites is 1. The van der Waals surface area contributed by atoms with Crippen LogP contribution in [0.4, 0.5) is 0 Å². The van der Waals surface area contributed by atoms with Crippen LogP contribution in [0.3, 0.4) is 0 Å². The van der Waals surface area contributed by atoms with Crippen molar-refractivity contribution < 1.29 is 14.1 Å². The number of aromatic nitrogens is 2. The van der Waals surface area contributed by atoms with Gasteiger partial charge in [-0.3, -0.25) is 9.69 Å². The van der Waals surface area contributed by atoms with Crippen LogP contribution in [0, 0.1) is 6.92 Å². The number of amides is 1. The van der Waals surface area contributed by atoms with E-state index in [2.05, 4.69) is 20.4 Å². The zero-order valence-corrected chi connectivity index (χ0v) is 13.2. The minimum Gasteiger partial charge on any atom is -0.484 e. The largest absolute Gasteiger partial charge is 0.484 e. The van der Waals surface area contributed by atoms with Crippen LogP contribution in [0.15, 0.2) is 34.9 Å². The average molecular weight is 316 g/mol. The summed E-state index contributed by atoms with van der Waals surface area (Å²) in [7, 11) is 1.98. The minimum absolute atomic E-state index is 0.00849. The van der Waals surface area contributed by atoms with Crippen molar-refractivity contribution in [3.05, 3.63) is 42.0 Å². The number of likely N-dealkylation sites (tertiary alicyclic amines) is 1. The molecular formula is C16H20N4O3. The highest BCUT2D eigenvalue weighted by Gasteiger charge is 2.34. The SMILES string of the molecule is Cc1noc([C@H]2C[C@H](NC(=O)COc3ccccc3)CN2C)n1. The maximum atomic E-state index is 12.0. The molecule has 0 radical (unpaired) electrons. The Morgan fingerprint density at radius 3 is 2.91 bits per heavy atom. The summed E-state index contributed by atoms with van der Waals surface area (Å²) in [5, 5.41) is 6.82. The van der Waals surface area contributed by atoms with Crippen LogP contribution in [0.2, 0.25) is 0 Å². The van der Waals surface area contributed by atoms with Gasteiger partial charge in [0.15, 0.2) is 12.4 Å². The van der Waals surface area contributed by atoms with E-state index >= 15 is 0 Å². The molecule has 2 aromatic rings. The predicted octanol–water partition coefficient (Wildman–Crippen LogP) is 1.32. The lowest BCUT2D eigenvalue weighted by atomic mass is 10.1. The molecule has 122 valence electrons. The summed E-state index contributed by atoms with van der Waals surface area (Å²) >= 11 is 0. The Hall–Kier alpha value is -2.41. The topological polar surface area (TPSA) is 80.5 Å². The number of aryl methyl sites for hydroxylation is 1. The summed E-state index contributed by atoms with van der Waals surface area (Å²) in [5.41, 5.74) is 0. The van der Waals surface area contributed by atoms with Crippen LogP contribution in [-0.4, -0.2) is 47.2 Å². The van der Waals surface area contributed by atoms with Crippen molar-refractivity contribution in [2.24, 2.45) is 0 Å². The summed E-state index contributed by atoms with van der Waals surface area (Å²) < 4.78 is 10.7. The number of nitrogens with zero attached hydrogens (tertiary/aromatic N) is 3. The van der Waals surface area contributed by atoms with Gasteiger partial charge in [-0.2, -0.15) is 4.98 Å². The highest BCUT2D eigenvalue weighted by atomic mass is 16.5. The van der Waals surface area contributed by atoms with Crippen molar-refractivity contribution in [1.29, 1.82) is 0 Å². The van der Waals surface area contributed by atoms with Gasteiger partial charge >= 0.3 is 0 Å². The number of hydrogen-bond acceptors (Lipinski definition) is 6. The lowest BCUT2D eigenvalue weighted by Gasteiger charge is -2.14. The number of rotatable bonds is 5. The fourth-order valence-corrected chi connectivity index (χ4v) is 2.78. The molecular weight excluding hydrogens is 296 g/mol. The molecule has 0 saturated carbocycles. The minimum atomic E-state index is -0.130. The Morgan fingerprint density at radius 2 is 2.22 bits per heavy atom. The van der Waals surface area contributed by atoms with Crippen molar-refractivity contribution in [2.45, 2.75) is 25.4 Å². The number of likely N-dealkylation sites (N-methyl/N-ethyl adjacent to an activating group) is 1. The Bertz CT molecular complexity index is 658. The van der Waals surface area contributed by atoms with E-state index in [4.69, 9.17) is 9.26 Å². The predicted molar refractivity (Wildman–Crippen MR) is 82.9 cm³/mol. The molecule has 1 saturated heterocycles. The van der Waals surface area contributed by atoms with Crippen molar-refractivity contribution in [3.8, 4) is 5.75 Å². The molecule has 23 heavy (non-hydrogen) atoms. The van der Waals surface area contributed by atoms with Gasteiger partial charge in [0.1, 0.15) is 5.75 Å². The van der Waals surface area contributed by atoms with Crippen molar-refractivity contribution in [1.82, 2.24) is 20.4 Å². The monoisotopic (exact) mass is 316 g/mol. The number of carbonyl (C=O) groups excluding carboxylic acids is 1. The first-order valence-corrected chi connectivity index (χ1v) is 7.59. The zero-order valence-electron chi connectivity index (χ0n) is 13.2. The summed E-state index contributed by atoms with van der Waals surface area (Å²) in [6.45, 7) is 2.54. The van der Waals surface area contributed by atoms with Gasteiger partial charge in [0.25, 0.3) is 5.91 Å². The third-order valence-corrected chi connectivity index (χ3v) is 3.85. The highest BCUT2D eigenvalue weighted by molar-refractivity contribution is 5.77. The first kappa shape index (κ1) is 15.5. The Kier molecular flexibility index (Phi) is 4.57. The molecule has 2 atom stereocenters. The van der Waals surface area contributed by atoms with Gasteiger partial charge in [-0.05, 0) is 32.5 Å². The van der Waals surface area contributed by atoms with E-state index in [1.807, 2.05) is 37.4 Å². The molecule has 7 nitrogen and oxygen atoms in total. The van der Waals surface area contributed by atoms with Gasteiger partial charge in [-0.15, -0.1) is 0 Å². The number of ether oxygens (including phenoxy) is 1. The maximum absolute atomic E-state index is 12.0. The van der Waals surface area contributed by atoms with E-state index in [-0.39, 0.29) is 24.6 Å². The molecule has 0 aliphatic carbocycles. The molecule has 1 aromatic heterocycles. The number of nitrogens with one attached hydrogen (secondary N) is 1. The Balaban J connectivity index is 1.50. The molecule has 1 aliphatic heterocycles. The number of hydrogen-bond donors (Lipinski definition) is 1. The standard InChI is InChI=1S/C16H20N4O3/c1-11-17-16(23-19-11)14-8-12(9-20(14)2)18-15(21)10-22-13-6-4-3-5-7-13/h3-7,12,14H,8-10H2,1-2H3,(H,18,21)/t12-,14+/m0/s1. The Labute approximate surface area is 134 Å². The van der Waals surface area contributed by atoms with E-state index in [0.717, 1.165) is 13.0 Å². The normalized spacial score (nSPS) is 21.3. The van der Waals surface area contributed by atoms with Gasteiger partial charge in [-0.1, -0.05) is 23.4 Å². The van der Waals surface area contributed by atoms with E-state index in [0.29, 0.717) is 17.5 Å². The summed E-state index contributed by atoms with van der Waals surface area (Å²) in [4.78, 5) is 18.4. The van der Waals surface area contributed by atoms with E-state index in [9.17, 15) is 4.79 Å². The quantitative estimate of drug-likeness (QED) is 0.896. The molecule has 0 bridgehead atoms. The molecule has 1 aromatic carbocycles. The maximum Gasteiger partial charge on any atom is 0.258 e. The van der Waals surface area contributed by atoms with E-state index < -0.39 is 0 Å². The molecule has 7 heteroatoms. The molecule has 0 unspecified atom stereocenters. The van der Waals surface area contributed by atoms with E-state index in [1.54, 1.807) is 6.92 Å². The smallest absolute Gasteiger partial charge is 0.258 e. The zero-order chi connectivity index (χ0) is 16.2. The summed E-state index contributed by atoms with van der Waals surface area (Å²) in [5.74, 6) is 1.78. The molecule has 1 aliphatic rings. The lowest BCUT2D eigenvalue weighted by molar-refractivity contribution is -0.123. The second-order valence-corrected chi connectivity index (χ2v) is 5.74. The molecule has 1 fully saturated rings. The second-order valence-electron chi connectivity index (χ2n) is 5.74. The Morgan fingerprint density at radius 1 is 1.43 bits per heavy atom. The molecule has 0 spiro atoms. The van der Waals surface area contributed by atoms with Crippen molar-refractivity contribution >= 4 is 5.91 Å². The van der Waals surface area contributed by atoms with Gasteiger partial charge in [-0.25, -0.2) is 0 Å². The van der Waals surface area contributed by atoms with Crippen LogP contribution in [0.5, 0.6) is 5.75 Å². The summed E-state index contributed by atoms with van der Waals surface area (Å²) in [6, 6.07) is 9.38. The first-order valence-electron chi connectivity index (χ1n) is 7.59. The van der Waals surface area contributed by atoms with E-state index in [1.165, 1.54) is 0 Å². The van der Waals surface area contributed by atoms with Crippen LogP contribution in [0.25, 0.3) is 0 Å². The number of benzene rings is 1. The number of carbonyl (C=O) groups is 1. The fourth-order valence-electron chi connectivity index (χ4n) is 2.78. The van der Waals surface area contributed by atoms with Crippen LogP contribution >= 0.6 is 0 Å². The molecule has 1 amide bonds.